The van der Waals surface area contributed by atoms with Gasteiger partial charge in [-0.1, -0.05) is 0 Å². The maximum absolute atomic E-state index is 13.3. The fourth-order valence-electron chi connectivity index (χ4n) is 1.98. The molecule has 0 aliphatic heterocycles. The van der Waals surface area contributed by atoms with Gasteiger partial charge < -0.3 is 0 Å². The van der Waals surface area contributed by atoms with Crippen LogP contribution in [-0.4, -0.2) is 26.7 Å². The van der Waals surface area contributed by atoms with Crippen molar-refractivity contribution in [1.82, 2.24) is 19.7 Å². The fourth-order valence-corrected chi connectivity index (χ4v) is 1.98. The summed E-state index contributed by atoms with van der Waals surface area (Å²) in [6.07, 6.45) is -3.16. The third kappa shape index (κ3) is 4.01. The van der Waals surface area contributed by atoms with Crippen LogP contribution in [-0.2, 0) is 26.3 Å². The summed E-state index contributed by atoms with van der Waals surface area (Å²) in [5.74, 6) is -0.225. The summed E-state index contributed by atoms with van der Waals surface area (Å²) in [5, 5.41) is 3.91. The Hall–Kier alpha value is -1.96. The van der Waals surface area contributed by atoms with Crippen molar-refractivity contribution in [2.75, 3.05) is 7.05 Å². The van der Waals surface area contributed by atoms with Crippen molar-refractivity contribution in [1.29, 1.82) is 0 Å². The van der Waals surface area contributed by atoms with E-state index in [1.165, 1.54) is 6.33 Å². The highest BCUT2D eigenvalue weighted by molar-refractivity contribution is 5.26. The molecule has 0 saturated heterocycles. The van der Waals surface area contributed by atoms with E-state index in [0.29, 0.717) is 18.4 Å². The fraction of sp³-hybridized carbons (Fsp3) is 0.385. The minimum atomic E-state index is -4.56. The molecule has 8 heteroatoms. The topological polar surface area (TPSA) is 34.0 Å². The molecule has 0 amide bonds. The Balaban J connectivity index is 2.12. The molecule has 2 rings (SSSR count). The number of hydrogen-bond acceptors (Lipinski definition) is 3. The summed E-state index contributed by atoms with van der Waals surface area (Å²) in [6.45, 7) is 0.571. The summed E-state index contributed by atoms with van der Waals surface area (Å²) in [6, 6.07) is 2.55. The Morgan fingerprint density at radius 2 is 1.90 bits per heavy atom. The van der Waals surface area contributed by atoms with E-state index in [-0.39, 0.29) is 12.1 Å². The van der Waals surface area contributed by atoms with Gasteiger partial charge in [-0.15, -0.1) is 0 Å². The summed E-state index contributed by atoms with van der Waals surface area (Å²) in [4.78, 5) is 5.76. The summed E-state index contributed by atoms with van der Waals surface area (Å²) in [7, 11) is 3.44. The molecule has 1 aromatic carbocycles. The zero-order valence-electron chi connectivity index (χ0n) is 11.5. The van der Waals surface area contributed by atoms with E-state index in [4.69, 9.17) is 0 Å². The third-order valence-corrected chi connectivity index (χ3v) is 2.95. The van der Waals surface area contributed by atoms with Gasteiger partial charge in [-0.3, -0.25) is 9.58 Å². The minimum absolute atomic E-state index is 0.174. The molecule has 0 saturated carbocycles. The second kappa shape index (κ2) is 5.80. The molecular formula is C13H14F4N4. The molecule has 0 atom stereocenters. The van der Waals surface area contributed by atoms with Crippen LogP contribution in [0.1, 0.15) is 17.0 Å². The van der Waals surface area contributed by atoms with Crippen LogP contribution in [0.4, 0.5) is 17.6 Å². The van der Waals surface area contributed by atoms with Gasteiger partial charge in [-0.05, 0) is 30.8 Å². The molecule has 0 aliphatic rings. The molecule has 1 heterocycles. The first-order valence-corrected chi connectivity index (χ1v) is 6.14. The highest BCUT2D eigenvalue weighted by Gasteiger charge is 2.31. The van der Waals surface area contributed by atoms with Crippen LogP contribution >= 0.6 is 0 Å². The van der Waals surface area contributed by atoms with Crippen LogP contribution in [0.5, 0.6) is 0 Å². The second-order valence-electron chi connectivity index (χ2n) is 4.82. The number of halogens is 4. The van der Waals surface area contributed by atoms with Crippen molar-refractivity contribution in [3.05, 3.63) is 47.3 Å². The number of nitrogens with zero attached hydrogens (tertiary/aromatic N) is 4. The zero-order valence-corrected chi connectivity index (χ0v) is 11.5. The predicted octanol–water partition coefficient (Wildman–Crippen LogP) is 2.61. The van der Waals surface area contributed by atoms with E-state index in [9.17, 15) is 17.6 Å². The van der Waals surface area contributed by atoms with Crippen molar-refractivity contribution in [2.24, 2.45) is 7.05 Å². The maximum Gasteiger partial charge on any atom is 0.416 e. The van der Waals surface area contributed by atoms with E-state index in [2.05, 4.69) is 10.1 Å². The van der Waals surface area contributed by atoms with E-state index in [0.717, 1.165) is 12.1 Å². The van der Waals surface area contributed by atoms with E-state index in [1.807, 2.05) is 0 Å². The summed E-state index contributed by atoms with van der Waals surface area (Å²) < 4.78 is 52.8. The van der Waals surface area contributed by atoms with Crippen molar-refractivity contribution in [3.8, 4) is 0 Å². The Kier molecular flexibility index (Phi) is 4.26. The van der Waals surface area contributed by atoms with Gasteiger partial charge >= 0.3 is 6.18 Å². The second-order valence-corrected chi connectivity index (χ2v) is 4.82. The van der Waals surface area contributed by atoms with Gasteiger partial charge in [0, 0.05) is 13.6 Å². The zero-order chi connectivity index (χ0) is 15.6. The SMILES string of the molecule is CN(Cc1cc(F)cc(C(F)(F)F)c1)Cc1ncnn1C. The molecule has 0 spiro atoms. The van der Waals surface area contributed by atoms with Gasteiger partial charge in [0.1, 0.15) is 18.0 Å². The van der Waals surface area contributed by atoms with E-state index < -0.39 is 17.6 Å². The van der Waals surface area contributed by atoms with Crippen LogP contribution in [0.15, 0.2) is 24.5 Å². The molecule has 21 heavy (non-hydrogen) atoms. The average molecular weight is 302 g/mol. The highest BCUT2D eigenvalue weighted by atomic mass is 19.4. The molecule has 0 bridgehead atoms. The average Bonchev–Trinajstić information content (AvgIpc) is 2.73. The lowest BCUT2D eigenvalue weighted by molar-refractivity contribution is -0.137. The highest BCUT2D eigenvalue weighted by Crippen LogP contribution is 2.30. The monoisotopic (exact) mass is 302 g/mol. The molecule has 0 unspecified atom stereocenters. The molecule has 4 nitrogen and oxygen atoms in total. The van der Waals surface area contributed by atoms with Crippen molar-refractivity contribution >= 4 is 0 Å². The third-order valence-electron chi connectivity index (χ3n) is 2.95. The minimum Gasteiger partial charge on any atom is -0.295 e. The van der Waals surface area contributed by atoms with Gasteiger partial charge in [0.15, 0.2) is 0 Å². The van der Waals surface area contributed by atoms with Gasteiger partial charge in [-0.2, -0.15) is 18.3 Å². The van der Waals surface area contributed by atoms with E-state index >= 15 is 0 Å². The first kappa shape index (κ1) is 15.4. The van der Waals surface area contributed by atoms with Gasteiger partial charge in [0.2, 0.25) is 0 Å². The molecule has 0 fully saturated rings. The summed E-state index contributed by atoms with van der Waals surface area (Å²) in [5.41, 5.74) is -0.725. The quantitative estimate of drug-likeness (QED) is 0.814. The number of aromatic nitrogens is 3. The summed E-state index contributed by atoms with van der Waals surface area (Å²) >= 11 is 0. The lowest BCUT2D eigenvalue weighted by Gasteiger charge is -2.17. The standard InChI is InChI=1S/C13H14F4N4/c1-20(7-12-18-8-19-21(12)2)6-9-3-10(13(15,16)17)5-11(14)4-9/h3-5,8H,6-7H2,1-2H3. The van der Waals surface area contributed by atoms with Crippen molar-refractivity contribution in [2.45, 2.75) is 19.3 Å². The molecular weight excluding hydrogens is 288 g/mol. The van der Waals surface area contributed by atoms with Gasteiger partial charge in [-0.25, -0.2) is 9.37 Å². The Morgan fingerprint density at radius 1 is 1.19 bits per heavy atom. The maximum atomic E-state index is 13.3. The predicted molar refractivity (Wildman–Crippen MR) is 67.6 cm³/mol. The Labute approximate surface area is 119 Å². The number of alkyl halides is 3. The van der Waals surface area contributed by atoms with Crippen LogP contribution < -0.4 is 0 Å². The first-order chi connectivity index (χ1) is 9.75. The van der Waals surface area contributed by atoms with Crippen LogP contribution in [0.2, 0.25) is 0 Å². The van der Waals surface area contributed by atoms with Gasteiger partial charge in [0.25, 0.3) is 0 Å². The molecule has 2 aromatic rings. The Morgan fingerprint density at radius 3 is 2.48 bits per heavy atom. The molecule has 114 valence electrons. The molecule has 1 aromatic heterocycles. The number of hydrogen-bond donors (Lipinski definition) is 0. The Bertz CT molecular complexity index is 621. The lowest BCUT2D eigenvalue weighted by atomic mass is 10.1. The normalized spacial score (nSPS) is 12.1. The van der Waals surface area contributed by atoms with Crippen LogP contribution in [0.25, 0.3) is 0 Å². The van der Waals surface area contributed by atoms with Crippen LogP contribution in [0, 0.1) is 5.82 Å². The number of benzene rings is 1. The number of rotatable bonds is 4. The molecule has 0 radical (unpaired) electrons. The number of aryl methyl sites for hydroxylation is 1. The lowest BCUT2D eigenvalue weighted by Crippen LogP contribution is -2.20. The molecule has 0 aliphatic carbocycles. The van der Waals surface area contributed by atoms with E-state index in [1.54, 1.807) is 23.7 Å². The van der Waals surface area contributed by atoms with Crippen molar-refractivity contribution < 1.29 is 17.6 Å². The van der Waals surface area contributed by atoms with Crippen molar-refractivity contribution in [3.63, 3.8) is 0 Å². The smallest absolute Gasteiger partial charge is 0.295 e. The van der Waals surface area contributed by atoms with Gasteiger partial charge in [0.05, 0.1) is 12.1 Å². The largest absolute Gasteiger partial charge is 0.416 e. The van der Waals surface area contributed by atoms with Crippen LogP contribution in [0.3, 0.4) is 0 Å². The first-order valence-electron chi connectivity index (χ1n) is 6.14. The molecule has 0 N–H and O–H groups in total.